The molecule has 0 unspecified atom stereocenters. The summed E-state index contributed by atoms with van der Waals surface area (Å²) in [6.07, 6.45) is 6.57. The van der Waals surface area contributed by atoms with Crippen LogP contribution in [0.2, 0.25) is 0 Å². The molecule has 184 valence electrons. The quantitative estimate of drug-likeness (QED) is 0.661. The number of anilines is 1. The molecule has 0 saturated heterocycles. The highest BCUT2D eigenvalue weighted by Crippen LogP contribution is 2.53. The van der Waals surface area contributed by atoms with E-state index in [1.807, 2.05) is 12.1 Å². The molecule has 1 aliphatic heterocycles. The SMILES string of the molecule is CN(C)C(=O)C(=O)NC12CCC(c3ccc(NC(=O)N4Cc5cc(F)cnc5C4)cc3)(CC1)CC2. The van der Waals surface area contributed by atoms with Crippen LogP contribution in [-0.4, -0.2) is 52.3 Å². The van der Waals surface area contributed by atoms with Gasteiger partial charge in [0.05, 0.1) is 18.4 Å². The van der Waals surface area contributed by atoms with Gasteiger partial charge in [0.25, 0.3) is 0 Å². The van der Waals surface area contributed by atoms with Gasteiger partial charge in [-0.15, -0.1) is 0 Å². The van der Waals surface area contributed by atoms with Gasteiger partial charge in [-0.3, -0.25) is 14.6 Å². The number of carbonyl (C=O) groups excluding carboxylic acids is 3. The molecule has 4 aliphatic rings. The maximum atomic E-state index is 13.4. The molecular formula is C26H30FN5O3. The van der Waals surface area contributed by atoms with Crippen molar-refractivity contribution in [2.75, 3.05) is 19.4 Å². The minimum absolute atomic E-state index is 0.0624. The normalized spacial score (nSPS) is 24.6. The third-order valence-corrected chi connectivity index (χ3v) is 7.99. The number of pyridine rings is 1. The number of benzene rings is 1. The van der Waals surface area contributed by atoms with Gasteiger partial charge in [0.2, 0.25) is 0 Å². The first-order chi connectivity index (χ1) is 16.7. The van der Waals surface area contributed by atoms with Gasteiger partial charge in [-0.05, 0) is 73.3 Å². The molecule has 2 aromatic rings. The van der Waals surface area contributed by atoms with Crippen molar-refractivity contribution in [1.29, 1.82) is 0 Å². The van der Waals surface area contributed by atoms with Crippen LogP contribution in [0.4, 0.5) is 14.9 Å². The standard InChI is InChI=1S/C26H30FN5O3/c1-31(2)23(34)22(33)30-26-10-7-25(8-11-26,9-12-26)18-3-5-20(6-4-18)29-24(35)32-15-17-13-19(27)14-28-21(17)16-32/h3-6,13-14H,7-12,15-16H2,1-2H3,(H,29,35)(H,30,33). The first-order valence-electron chi connectivity index (χ1n) is 12.0. The predicted octanol–water partition coefficient (Wildman–Crippen LogP) is 3.32. The molecule has 6 rings (SSSR count). The molecule has 3 saturated carbocycles. The van der Waals surface area contributed by atoms with Gasteiger partial charge in [-0.2, -0.15) is 0 Å². The molecule has 2 heterocycles. The molecule has 2 N–H and O–H groups in total. The van der Waals surface area contributed by atoms with Crippen molar-refractivity contribution in [2.24, 2.45) is 0 Å². The molecule has 4 amide bonds. The first kappa shape index (κ1) is 23.3. The molecular weight excluding hydrogens is 449 g/mol. The first-order valence-corrected chi connectivity index (χ1v) is 12.0. The van der Waals surface area contributed by atoms with Gasteiger partial charge in [0.15, 0.2) is 0 Å². The van der Waals surface area contributed by atoms with E-state index in [0.29, 0.717) is 18.8 Å². The van der Waals surface area contributed by atoms with E-state index in [1.54, 1.807) is 19.0 Å². The molecule has 1 aromatic heterocycles. The average molecular weight is 480 g/mol. The molecule has 9 heteroatoms. The highest BCUT2D eigenvalue weighted by atomic mass is 19.1. The van der Waals surface area contributed by atoms with E-state index >= 15 is 0 Å². The number of rotatable bonds is 3. The van der Waals surface area contributed by atoms with Crippen LogP contribution in [0.5, 0.6) is 0 Å². The fourth-order valence-corrected chi connectivity index (χ4v) is 5.79. The van der Waals surface area contributed by atoms with Crippen molar-refractivity contribution in [3.05, 3.63) is 59.2 Å². The summed E-state index contributed by atoms with van der Waals surface area (Å²) in [6.45, 7) is 0.701. The Labute approximate surface area is 203 Å². The molecule has 3 fully saturated rings. The van der Waals surface area contributed by atoms with Crippen LogP contribution in [0.25, 0.3) is 0 Å². The zero-order valence-corrected chi connectivity index (χ0v) is 20.1. The second kappa shape index (κ2) is 8.62. The van der Waals surface area contributed by atoms with E-state index in [-0.39, 0.29) is 17.0 Å². The van der Waals surface area contributed by atoms with E-state index in [9.17, 15) is 18.8 Å². The smallest absolute Gasteiger partial charge is 0.322 e. The van der Waals surface area contributed by atoms with Crippen LogP contribution in [0.3, 0.4) is 0 Å². The predicted molar refractivity (Wildman–Crippen MR) is 128 cm³/mol. The van der Waals surface area contributed by atoms with E-state index in [0.717, 1.165) is 49.8 Å². The number of hydrogen-bond donors (Lipinski definition) is 2. The minimum Gasteiger partial charge on any atom is -0.342 e. The second-order valence-corrected chi connectivity index (χ2v) is 10.3. The van der Waals surface area contributed by atoms with Gasteiger partial charge in [-0.25, -0.2) is 9.18 Å². The number of aromatic nitrogens is 1. The second-order valence-electron chi connectivity index (χ2n) is 10.3. The number of fused-ring (bicyclic) bond motifs is 4. The highest BCUT2D eigenvalue weighted by Gasteiger charge is 2.50. The Bertz CT molecular complexity index is 1160. The summed E-state index contributed by atoms with van der Waals surface area (Å²) >= 11 is 0. The van der Waals surface area contributed by atoms with Gasteiger partial charge in [0.1, 0.15) is 5.82 Å². The fourth-order valence-electron chi connectivity index (χ4n) is 5.79. The lowest BCUT2D eigenvalue weighted by Gasteiger charge is -2.54. The van der Waals surface area contributed by atoms with E-state index in [4.69, 9.17) is 0 Å². The Hall–Kier alpha value is -3.49. The monoisotopic (exact) mass is 479 g/mol. The molecule has 3 aliphatic carbocycles. The van der Waals surface area contributed by atoms with Gasteiger partial charge in [-0.1, -0.05) is 12.1 Å². The zero-order chi connectivity index (χ0) is 24.8. The lowest BCUT2D eigenvalue weighted by Crippen LogP contribution is -2.59. The van der Waals surface area contributed by atoms with Crippen LogP contribution in [0.1, 0.15) is 55.3 Å². The Morgan fingerprint density at radius 3 is 2.29 bits per heavy atom. The van der Waals surface area contributed by atoms with Crippen LogP contribution in [0, 0.1) is 5.82 Å². The Kier molecular flexibility index (Phi) is 5.73. The molecule has 35 heavy (non-hydrogen) atoms. The number of amides is 4. The fraction of sp³-hybridized carbons (Fsp3) is 0.462. The zero-order valence-electron chi connectivity index (χ0n) is 20.1. The van der Waals surface area contributed by atoms with Crippen molar-refractivity contribution in [1.82, 2.24) is 20.1 Å². The van der Waals surface area contributed by atoms with Crippen molar-refractivity contribution in [3.8, 4) is 0 Å². The van der Waals surface area contributed by atoms with Crippen molar-refractivity contribution < 1.29 is 18.8 Å². The number of likely N-dealkylation sites (N-methyl/N-ethyl adjacent to an activating group) is 1. The van der Waals surface area contributed by atoms with Crippen LogP contribution in [-0.2, 0) is 28.1 Å². The molecule has 0 atom stereocenters. The minimum atomic E-state index is -0.522. The summed E-state index contributed by atoms with van der Waals surface area (Å²) in [6, 6.07) is 9.21. The summed E-state index contributed by atoms with van der Waals surface area (Å²) in [4.78, 5) is 44.0. The third kappa shape index (κ3) is 4.35. The summed E-state index contributed by atoms with van der Waals surface area (Å²) < 4.78 is 13.4. The lowest BCUT2D eigenvalue weighted by atomic mass is 9.55. The number of urea groups is 1. The molecule has 0 radical (unpaired) electrons. The van der Waals surface area contributed by atoms with Crippen molar-refractivity contribution >= 4 is 23.5 Å². The van der Waals surface area contributed by atoms with Crippen LogP contribution < -0.4 is 10.6 Å². The Morgan fingerprint density at radius 2 is 1.66 bits per heavy atom. The summed E-state index contributed by atoms with van der Waals surface area (Å²) in [7, 11) is 3.17. The van der Waals surface area contributed by atoms with E-state index in [1.165, 1.54) is 22.7 Å². The number of halogens is 1. The van der Waals surface area contributed by atoms with Gasteiger partial charge in [0, 0.05) is 31.9 Å². The Morgan fingerprint density at radius 1 is 1.00 bits per heavy atom. The molecule has 0 spiro atoms. The third-order valence-electron chi connectivity index (χ3n) is 7.99. The average Bonchev–Trinajstić information content (AvgIpc) is 3.28. The largest absolute Gasteiger partial charge is 0.342 e. The van der Waals surface area contributed by atoms with E-state index in [2.05, 4.69) is 27.8 Å². The molecule has 8 nitrogen and oxygen atoms in total. The highest BCUT2D eigenvalue weighted by molar-refractivity contribution is 6.35. The number of nitrogens with one attached hydrogen (secondary N) is 2. The van der Waals surface area contributed by atoms with Crippen molar-refractivity contribution in [2.45, 2.75) is 62.6 Å². The molecule has 1 aromatic carbocycles. The summed E-state index contributed by atoms with van der Waals surface area (Å²) in [5, 5.41) is 5.96. The summed E-state index contributed by atoms with van der Waals surface area (Å²) in [5.74, 6) is -1.43. The number of hydrogen-bond acceptors (Lipinski definition) is 4. The van der Waals surface area contributed by atoms with Gasteiger partial charge < -0.3 is 20.4 Å². The topological polar surface area (TPSA) is 94.6 Å². The number of nitrogens with zero attached hydrogens (tertiary/aromatic N) is 3. The van der Waals surface area contributed by atoms with Crippen LogP contribution in [0.15, 0.2) is 36.5 Å². The maximum Gasteiger partial charge on any atom is 0.322 e. The molecule has 2 bridgehead atoms. The number of carbonyl (C=O) groups is 3. The van der Waals surface area contributed by atoms with Crippen LogP contribution >= 0.6 is 0 Å². The lowest BCUT2D eigenvalue weighted by molar-refractivity contribution is -0.146. The van der Waals surface area contributed by atoms with Crippen molar-refractivity contribution in [3.63, 3.8) is 0 Å². The maximum absolute atomic E-state index is 13.4. The van der Waals surface area contributed by atoms with E-state index < -0.39 is 17.6 Å². The Balaban J connectivity index is 1.19. The van der Waals surface area contributed by atoms with Gasteiger partial charge >= 0.3 is 17.8 Å². The summed E-state index contributed by atoms with van der Waals surface area (Å²) in [5.41, 5.74) is 3.19.